The average molecular weight is 320 g/mol. The summed E-state index contributed by atoms with van der Waals surface area (Å²) in [5.41, 5.74) is 2.92. The van der Waals surface area contributed by atoms with E-state index in [-0.39, 0.29) is 0 Å². The zero-order valence-electron chi connectivity index (χ0n) is 11.0. The monoisotopic (exact) mass is 319 g/mol. The maximum atomic E-state index is 5.41. The molecule has 1 aliphatic carbocycles. The highest BCUT2D eigenvalue weighted by molar-refractivity contribution is 9.10. The molecule has 1 aromatic heterocycles. The van der Waals surface area contributed by atoms with Crippen LogP contribution in [0.5, 0.6) is 0 Å². The first-order valence-corrected chi connectivity index (χ1v) is 7.58. The van der Waals surface area contributed by atoms with Gasteiger partial charge in [-0.1, -0.05) is 22.0 Å². The number of benzene rings is 1. The van der Waals surface area contributed by atoms with Gasteiger partial charge in [0.1, 0.15) is 5.76 Å². The van der Waals surface area contributed by atoms with Gasteiger partial charge in [0.2, 0.25) is 0 Å². The molecule has 0 bridgehead atoms. The molecule has 3 rings (SSSR count). The Balaban J connectivity index is 1.66. The number of halogens is 1. The summed E-state index contributed by atoms with van der Waals surface area (Å²) in [6.45, 7) is 2.22. The van der Waals surface area contributed by atoms with Crippen molar-refractivity contribution in [3.63, 3.8) is 0 Å². The molecular formula is C16H18BrNO. The molecule has 0 amide bonds. The van der Waals surface area contributed by atoms with Crippen molar-refractivity contribution in [3.05, 3.63) is 58.0 Å². The standard InChI is InChI=1S/C16H18BrNO/c1-11(9-14-3-2-8-19-14)18-16-7-4-12-10-13(17)5-6-15(12)16/h2-3,5-6,8,10-11,16,18H,4,7,9H2,1H3. The van der Waals surface area contributed by atoms with Gasteiger partial charge in [0.15, 0.2) is 0 Å². The number of fused-ring (bicyclic) bond motifs is 1. The average Bonchev–Trinajstić information content (AvgIpc) is 2.99. The molecule has 0 fully saturated rings. The fourth-order valence-corrected chi connectivity index (χ4v) is 3.30. The molecule has 0 spiro atoms. The van der Waals surface area contributed by atoms with Gasteiger partial charge in [-0.25, -0.2) is 0 Å². The number of rotatable bonds is 4. The Bertz CT molecular complexity index is 550. The third-order valence-corrected chi connectivity index (χ3v) is 4.25. The summed E-state index contributed by atoms with van der Waals surface area (Å²) in [7, 11) is 0. The number of nitrogens with one attached hydrogen (secondary N) is 1. The minimum absolute atomic E-state index is 0.422. The van der Waals surface area contributed by atoms with E-state index in [9.17, 15) is 0 Å². The summed E-state index contributed by atoms with van der Waals surface area (Å²) < 4.78 is 6.58. The van der Waals surface area contributed by atoms with Crippen LogP contribution in [-0.4, -0.2) is 6.04 Å². The molecule has 3 heteroatoms. The zero-order valence-corrected chi connectivity index (χ0v) is 12.6. The van der Waals surface area contributed by atoms with Crippen LogP contribution in [0.1, 0.15) is 36.3 Å². The Morgan fingerprint density at radius 2 is 2.32 bits per heavy atom. The summed E-state index contributed by atoms with van der Waals surface area (Å²) in [4.78, 5) is 0. The first-order chi connectivity index (χ1) is 9.22. The van der Waals surface area contributed by atoms with Crippen LogP contribution in [0.2, 0.25) is 0 Å². The van der Waals surface area contributed by atoms with Gasteiger partial charge in [-0.15, -0.1) is 0 Å². The van der Waals surface area contributed by atoms with Crippen molar-refractivity contribution in [2.75, 3.05) is 0 Å². The summed E-state index contributed by atoms with van der Waals surface area (Å²) in [6, 6.07) is 11.5. The van der Waals surface area contributed by atoms with Gasteiger partial charge in [-0.05, 0) is 55.2 Å². The minimum atomic E-state index is 0.422. The van der Waals surface area contributed by atoms with Crippen LogP contribution in [0, 0.1) is 0 Å². The lowest BCUT2D eigenvalue weighted by Crippen LogP contribution is -2.31. The molecule has 0 radical (unpaired) electrons. The minimum Gasteiger partial charge on any atom is -0.469 e. The van der Waals surface area contributed by atoms with Crippen molar-refractivity contribution >= 4 is 15.9 Å². The highest BCUT2D eigenvalue weighted by Crippen LogP contribution is 2.33. The lowest BCUT2D eigenvalue weighted by Gasteiger charge is -2.19. The summed E-state index contributed by atoms with van der Waals surface area (Å²) in [5, 5.41) is 3.72. The fourth-order valence-electron chi connectivity index (χ4n) is 2.89. The lowest BCUT2D eigenvalue weighted by molar-refractivity contribution is 0.415. The van der Waals surface area contributed by atoms with Gasteiger partial charge in [-0.3, -0.25) is 0 Å². The molecule has 0 aliphatic heterocycles. The molecule has 1 heterocycles. The Morgan fingerprint density at radius 3 is 3.11 bits per heavy atom. The smallest absolute Gasteiger partial charge is 0.105 e. The van der Waals surface area contributed by atoms with E-state index in [1.807, 2.05) is 12.1 Å². The molecule has 1 aliphatic rings. The van der Waals surface area contributed by atoms with Crippen LogP contribution in [0.3, 0.4) is 0 Å². The van der Waals surface area contributed by atoms with Gasteiger partial charge >= 0.3 is 0 Å². The number of aryl methyl sites for hydroxylation is 1. The number of furan rings is 1. The van der Waals surface area contributed by atoms with Crippen molar-refractivity contribution in [2.24, 2.45) is 0 Å². The largest absolute Gasteiger partial charge is 0.469 e. The van der Waals surface area contributed by atoms with Crippen LogP contribution < -0.4 is 5.32 Å². The fraction of sp³-hybridized carbons (Fsp3) is 0.375. The Morgan fingerprint density at radius 1 is 1.42 bits per heavy atom. The van der Waals surface area contributed by atoms with Crippen LogP contribution in [-0.2, 0) is 12.8 Å². The number of hydrogen-bond acceptors (Lipinski definition) is 2. The molecule has 0 saturated carbocycles. The molecule has 1 N–H and O–H groups in total. The second-order valence-corrected chi connectivity index (χ2v) is 6.20. The molecule has 2 aromatic rings. The molecule has 19 heavy (non-hydrogen) atoms. The Hall–Kier alpha value is -1.06. The van der Waals surface area contributed by atoms with Crippen LogP contribution >= 0.6 is 15.9 Å². The number of hydrogen-bond donors (Lipinski definition) is 1. The summed E-state index contributed by atoms with van der Waals surface area (Å²) in [6.07, 6.45) is 5.04. The topological polar surface area (TPSA) is 25.2 Å². The molecule has 1 aromatic carbocycles. The second-order valence-electron chi connectivity index (χ2n) is 5.29. The van der Waals surface area contributed by atoms with E-state index in [1.165, 1.54) is 28.4 Å². The SMILES string of the molecule is CC(Cc1ccco1)NC1CCc2cc(Br)ccc21. The van der Waals surface area contributed by atoms with Gasteiger partial charge in [0.05, 0.1) is 6.26 Å². The van der Waals surface area contributed by atoms with Gasteiger partial charge in [-0.2, -0.15) is 0 Å². The third kappa shape index (κ3) is 2.93. The first kappa shape index (κ1) is 12.9. The van der Waals surface area contributed by atoms with Crippen LogP contribution in [0.25, 0.3) is 0 Å². The van der Waals surface area contributed by atoms with Crippen molar-refractivity contribution < 1.29 is 4.42 Å². The van der Waals surface area contributed by atoms with E-state index in [0.717, 1.165) is 12.2 Å². The Labute approximate surface area is 122 Å². The Kier molecular flexibility index (Phi) is 3.76. The summed E-state index contributed by atoms with van der Waals surface area (Å²) in [5.74, 6) is 1.05. The van der Waals surface area contributed by atoms with E-state index in [1.54, 1.807) is 6.26 Å². The molecular weight excluding hydrogens is 302 g/mol. The molecule has 2 unspecified atom stereocenters. The van der Waals surface area contributed by atoms with Crippen LogP contribution in [0.4, 0.5) is 0 Å². The van der Waals surface area contributed by atoms with Crippen molar-refractivity contribution in [1.29, 1.82) is 0 Å². The summed E-state index contributed by atoms with van der Waals surface area (Å²) >= 11 is 3.54. The molecule has 2 atom stereocenters. The van der Waals surface area contributed by atoms with Crippen molar-refractivity contribution in [3.8, 4) is 0 Å². The highest BCUT2D eigenvalue weighted by atomic mass is 79.9. The quantitative estimate of drug-likeness (QED) is 0.911. The predicted molar refractivity (Wildman–Crippen MR) is 80.2 cm³/mol. The normalized spacial score (nSPS) is 19.4. The predicted octanol–water partition coefficient (Wildman–Crippen LogP) is 4.25. The molecule has 2 nitrogen and oxygen atoms in total. The van der Waals surface area contributed by atoms with Crippen molar-refractivity contribution in [2.45, 2.75) is 38.3 Å². The second kappa shape index (κ2) is 5.51. The van der Waals surface area contributed by atoms with Crippen LogP contribution in [0.15, 0.2) is 45.5 Å². The van der Waals surface area contributed by atoms with E-state index in [0.29, 0.717) is 12.1 Å². The highest BCUT2D eigenvalue weighted by Gasteiger charge is 2.23. The van der Waals surface area contributed by atoms with E-state index < -0.39 is 0 Å². The van der Waals surface area contributed by atoms with Crippen molar-refractivity contribution in [1.82, 2.24) is 5.32 Å². The molecule has 0 saturated heterocycles. The van der Waals surface area contributed by atoms with Gasteiger partial charge < -0.3 is 9.73 Å². The lowest BCUT2D eigenvalue weighted by atomic mass is 10.1. The van der Waals surface area contributed by atoms with E-state index in [2.05, 4.69) is 46.4 Å². The van der Waals surface area contributed by atoms with E-state index in [4.69, 9.17) is 4.42 Å². The first-order valence-electron chi connectivity index (χ1n) is 6.79. The van der Waals surface area contributed by atoms with E-state index >= 15 is 0 Å². The third-order valence-electron chi connectivity index (χ3n) is 3.76. The zero-order chi connectivity index (χ0) is 13.2. The maximum Gasteiger partial charge on any atom is 0.105 e. The maximum absolute atomic E-state index is 5.41. The van der Waals surface area contributed by atoms with Gasteiger partial charge in [0, 0.05) is 23.0 Å². The molecule has 100 valence electrons. The van der Waals surface area contributed by atoms with Gasteiger partial charge in [0.25, 0.3) is 0 Å².